The van der Waals surface area contributed by atoms with Crippen LogP contribution >= 0.6 is 0 Å². The summed E-state index contributed by atoms with van der Waals surface area (Å²) in [5, 5.41) is 2.85. The Hall–Kier alpha value is -2.02. The van der Waals surface area contributed by atoms with E-state index in [0.717, 1.165) is 12.8 Å². The molecule has 0 amide bonds. The van der Waals surface area contributed by atoms with E-state index in [1.807, 2.05) is 0 Å². The van der Waals surface area contributed by atoms with Crippen LogP contribution < -0.4 is 10.6 Å². The van der Waals surface area contributed by atoms with Crippen LogP contribution in [0.3, 0.4) is 0 Å². The van der Waals surface area contributed by atoms with E-state index in [2.05, 4.69) is 59.2 Å². The molecule has 4 rings (SSSR count). The lowest BCUT2D eigenvalue weighted by Gasteiger charge is -2.08. The van der Waals surface area contributed by atoms with Gasteiger partial charge in [0.05, 0.1) is 0 Å². The van der Waals surface area contributed by atoms with Gasteiger partial charge in [-0.2, -0.15) is 0 Å². The highest BCUT2D eigenvalue weighted by molar-refractivity contribution is 5.63. The Kier molecular flexibility index (Phi) is 2.07. The summed E-state index contributed by atoms with van der Waals surface area (Å²) >= 11 is 0. The van der Waals surface area contributed by atoms with Gasteiger partial charge in [-0.25, -0.2) is 0 Å². The van der Waals surface area contributed by atoms with Crippen molar-refractivity contribution in [2.24, 2.45) is 0 Å². The predicted octanol–water partition coefficient (Wildman–Crippen LogP) is 2.40. The van der Waals surface area contributed by atoms with Crippen molar-refractivity contribution >= 4 is 18.2 Å². The van der Waals surface area contributed by atoms with Gasteiger partial charge in [0.1, 0.15) is 0 Å². The second kappa shape index (κ2) is 3.74. The van der Waals surface area contributed by atoms with Crippen molar-refractivity contribution in [1.82, 2.24) is 4.57 Å². The average Bonchev–Trinajstić information content (AvgIpc) is 2.99. The van der Waals surface area contributed by atoms with E-state index >= 15 is 0 Å². The zero-order valence-electron chi connectivity index (χ0n) is 10.3. The number of benzene rings is 1. The molecule has 2 aliphatic rings. The van der Waals surface area contributed by atoms with Crippen molar-refractivity contribution in [1.29, 1.82) is 0 Å². The van der Waals surface area contributed by atoms with E-state index < -0.39 is 0 Å². The molecule has 0 bridgehead atoms. The summed E-state index contributed by atoms with van der Waals surface area (Å²) < 4.78 is 2.41. The summed E-state index contributed by atoms with van der Waals surface area (Å²) in [7, 11) is 0. The first kappa shape index (κ1) is 9.95. The summed E-state index contributed by atoms with van der Waals surface area (Å²) in [6.07, 6.45) is 12.7. The maximum Gasteiger partial charge on any atom is 0.0500 e. The van der Waals surface area contributed by atoms with Crippen LogP contribution in [-0.4, -0.2) is 4.57 Å². The van der Waals surface area contributed by atoms with Crippen molar-refractivity contribution in [2.75, 3.05) is 0 Å². The van der Waals surface area contributed by atoms with Gasteiger partial charge in [-0.3, -0.25) is 0 Å². The van der Waals surface area contributed by atoms with Crippen LogP contribution in [0.25, 0.3) is 23.9 Å². The van der Waals surface area contributed by atoms with Crippen LogP contribution in [0, 0.1) is 0 Å². The third-order valence-electron chi connectivity index (χ3n) is 3.86. The van der Waals surface area contributed by atoms with Crippen LogP contribution in [0.1, 0.15) is 24.1 Å². The topological polar surface area (TPSA) is 4.93 Å². The standard InChI is InChI=1S/C17H15N/c1-2-7-13(8-3-1)18-16-11-5-4-9-14(16)15-10-6-12-17(15)18/h1-3,6-9,11-12H,4-5,10H2. The smallest absolute Gasteiger partial charge is 0.0500 e. The van der Waals surface area contributed by atoms with Gasteiger partial charge in [-0.15, -0.1) is 0 Å². The van der Waals surface area contributed by atoms with Crippen molar-refractivity contribution in [3.8, 4) is 5.69 Å². The molecule has 0 atom stereocenters. The molecule has 0 N–H and O–H groups in total. The highest BCUT2D eigenvalue weighted by atomic mass is 15.0. The molecule has 0 saturated carbocycles. The zero-order valence-corrected chi connectivity index (χ0v) is 10.3. The molecule has 0 fully saturated rings. The minimum atomic E-state index is 1.09. The Balaban J connectivity index is 2.14. The molecule has 0 aliphatic heterocycles. The number of para-hydroxylation sites is 1. The van der Waals surface area contributed by atoms with Crippen LogP contribution in [0.2, 0.25) is 0 Å². The second-order valence-electron chi connectivity index (χ2n) is 4.93. The quantitative estimate of drug-likeness (QED) is 0.713. The molecule has 1 nitrogen and oxygen atoms in total. The normalized spacial score (nSPS) is 15.8. The van der Waals surface area contributed by atoms with Gasteiger partial charge < -0.3 is 4.57 Å². The van der Waals surface area contributed by atoms with Crippen LogP contribution in [0.15, 0.2) is 36.4 Å². The van der Waals surface area contributed by atoms with Gasteiger partial charge in [-0.05, 0) is 48.3 Å². The Morgan fingerprint density at radius 2 is 1.78 bits per heavy atom. The molecule has 2 aliphatic carbocycles. The number of hydrogen-bond acceptors (Lipinski definition) is 0. The Labute approximate surface area is 106 Å². The Bertz CT molecular complexity index is 745. The molecule has 0 radical (unpaired) electrons. The number of fused-ring (bicyclic) bond motifs is 3. The molecular formula is C17H15N. The fourth-order valence-corrected chi connectivity index (χ4v) is 3.09. The average molecular weight is 233 g/mol. The number of rotatable bonds is 1. The van der Waals surface area contributed by atoms with Crippen molar-refractivity contribution in [2.45, 2.75) is 19.3 Å². The maximum absolute atomic E-state index is 2.41. The summed E-state index contributed by atoms with van der Waals surface area (Å²) in [6.45, 7) is 0. The summed E-state index contributed by atoms with van der Waals surface area (Å²) in [6, 6.07) is 10.7. The van der Waals surface area contributed by atoms with Crippen molar-refractivity contribution in [3.05, 3.63) is 58.2 Å². The van der Waals surface area contributed by atoms with Gasteiger partial charge in [0, 0.05) is 16.7 Å². The summed E-state index contributed by atoms with van der Waals surface area (Å²) in [5.74, 6) is 0. The molecule has 1 heterocycles. The minimum absolute atomic E-state index is 1.09. The highest BCUT2D eigenvalue weighted by Gasteiger charge is 2.17. The number of hydrogen-bond donors (Lipinski definition) is 0. The van der Waals surface area contributed by atoms with E-state index in [9.17, 15) is 0 Å². The van der Waals surface area contributed by atoms with Gasteiger partial charge in [0.2, 0.25) is 0 Å². The number of aromatic nitrogens is 1. The minimum Gasteiger partial charge on any atom is -0.310 e. The molecule has 18 heavy (non-hydrogen) atoms. The molecule has 1 aromatic heterocycles. The first-order valence-electron chi connectivity index (χ1n) is 6.61. The van der Waals surface area contributed by atoms with Crippen LogP contribution in [-0.2, 0) is 6.42 Å². The number of allylic oxidation sites excluding steroid dienone is 1. The number of nitrogens with zero attached hydrogens (tertiary/aromatic N) is 1. The Morgan fingerprint density at radius 1 is 0.944 bits per heavy atom. The largest absolute Gasteiger partial charge is 0.310 e. The van der Waals surface area contributed by atoms with E-state index in [1.54, 1.807) is 0 Å². The van der Waals surface area contributed by atoms with Gasteiger partial charge in [0.25, 0.3) is 0 Å². The molecule has 1 heteroatoms. The summed E-state index contributed by atoms with van der Waals surface area (Å²) in [4.78, 5) is 0. The SMILES string of the molecule is C1=Cc2c(c3c(n2-c2ccccc2)=CCCC=3)C1. The van der Waals surface area contributed by atoms with Crippen molar-refractivity contribution < 1.29 is 0 Å². The fourth-order valence-electron chi connectivity index (χ4n) is 3.09. The first-order chi connectivity index (χ1) is 8.95. The molecule has 1 aromatic carbocycles. The maximum atomic E-state index is 2.41. The third-order valence-corrected chi connectivity index (χ3v) is 3.86. The monoisotopic (exact) mass is 233 g/mol. The molecule has 0 unspecified atom stereocenters. The van der Waals surface area contributed by atoms with Gasteiger partial charge in [0.15, 0.2) is 0 Å². The lowest BCUT2D eigenvalue weighted by molar-refractivity contribution is 0.988. The molecular weight excluding hydrogens is 218 g/mol. The van der Waals surface area contributed by atoms with E-state index in [1.165, 1.54) is 33.9 Å². The highest BCUT2D eigenvalue weighted by Crippen LogP contribution is 2.19. The van der Waals surface area contributed by atoms with Gasteiger partial charge in [-0.1, -0.05) is 36.4 Å². The molecule has 0 spiro atoms. The molecule has 0 saturated heterocycles. The zero-order chi connectivity index (χ0) is 11.9. The third kappa shape index (κ3) is 1.28. The van der Waals surface area contributed by atoms with Crippen LogP contribution in [0.5, 0.6) is 0 Å². The molecule has 2 aromatic rings. The first-order valence-corrected chi connectivity index (χ1v) is 6.61. The van der Waals surface area contributed by atoms with Crippen LogP contribution in [0.4, 0.5) is 0 Å². The van der Waals surface area contributed by atoms with Gasteiger partial charge >= 0.3 is 0 Å². The molecule has 88 valence electrons. The second-order valence-corrected chi connectivity index (χ2v) is 4.93. The lowest BCUT2D eigenvalue weighted by atomic mass is 10.1. The van der Waals surface area contributed by atoms with E-state index in [4.69, 9.17) is 0 Å². The summed E-state index contributed by atoms with van der Waals surface area (Å²) in [5.41, 5.74) is 4.15. The van der Waals surface area contributed by atoms with E-state index in [-0.39, 0.29) is 0 Å². The predicted molar refractivity (Wildman–Crippen MR) is 75.9 cm³/mol. The van der Waals surface area contributed by atoms with E-state index in [0.29, 0.717) is 0 Å². The fraction of sp³-hybridized carbons (Fsp3) is 0.176. The lowest BCUT2D eigenvalue weighted by Crippen LogP contribution is -2.31. The van der Waals surface area contributed by atoms with Crippen molar-refractivity contribution in [3.63, 3.8) is 0 Å². The Morgan fingerprint density at radius 3 is 2.67 bits per heavy atom.